The summed E-state index contributed by atoms with van der Waals surface area (Å²) in [4.78, 5) is 55.6. The van der Waals surface area contributed by atoms with Crippen LogP contribution in [0.5, 0.6) is 0 Å². The summed E-state index contributed by atoms with van der Waals surface area (Å²) in [5, 5.41) is 34.5. The number of anilines is 1. The van der Waals surface area contributed by atoms with E-state index in [9.17, 15) is 19.2 Å². The Morgan fingerprint density at radius 1 is 0.855 bits per heavy atom. The summed E-state index contributed by atoms with van der Waals surface area (Å²) >= 11 is 0. The molecule has 4 amide bonds. The number of tetrazole rings is 1. The zero-order chi connectivity index (χ0) is 39.5. The average Bonchev–Trinajstić information content (AvgIpc) is 3.69. The Morgan fingerprint density at radius 2 is 1.51 bits per heavy atom. The van der Waals surface area contributed by atoms with Crippen LogP contribution in [-0.4, -0.2) is 119 Å². The minimum absolute atomic E-state index is 0.0213. The third-order valence-corrected chi connectivity index (χ3v) is 9.85. The van der Waals surface area contributed by atoms with Crippen LogP contribution >= 0.6 is 0 Å². The van der Waals surface area contributed by atoms with E-state index in [1.54, 1.807) is 24.3 Å². The highest BCUT2D eigenvalue weighted by Gasteiger charge is 2.30. The minimum atomic E-state index is -1.05. The van der Waals surface area contributed by atoms with Crippen LogP contribution in [0.1, 0.15) is 47.2 Å². The van der Waals surface area contributed by atoms with Crippen LogP contribution in [0.4, 0.5) is 10.5 Å². The highest BCUT2D eigenvalue weighted by Crippen LogP contribution is 2.29. The SMILES string of the molecule is Cc1cc(C(=O)NC(CN(C)C)CN(C)C)ccc1-c1ccc(C[C@H](NC(=O)C2CCC(CNC(=O)O)CC2)C(=O)Nc2ccc(-c3nn[nH]n3)cc2)cc1. The van der Waals surface area contributed by atoms with Gasteiger partial charge in [-0.15, -0.1) is 10.2 Å². The highest BCUT2D eigenvalue weighted by atomic mass is 16.4. The standard InChI is InChI=1S/C40H52N10O5/c1-25-20-31(38(52)43-33(23-49(2)3)24-50(4)5)16-19-34(25)28-10-6-26(7-11-28)21-35(44-37(51)30-12-8-27(9-13-30)22-41-40(54)55)39(53)42-32-17-14-29(15-18-32)36-45-47-48-46-36/h6-7,10-11,14-20,27,30,33,35,41H,8-9,12-13,21-24H2,1-5H3,(H,42,53)(H,43,52)(H,44,51)(H,54,55)(H,45,46,47,48)/t27?,30?,35-/m0/s1. The zero-order valence-corrected chi connectivity index (χ0v) is 32.1. The molecule has 1 heterocycles. The predicted octanol–water partition coefficient (Wildman–Crippen LogP) is 3.80. The van der Waals surface area contributed by atoms with Crippen LogP contribution < -0.4 is 21.3 Å². The number of aryl methyl sites for hydroxylation is 1. The maximum absolute atomic E-state index is 13.8. The van der Waals surface area contributed by atoms with Crippen molar-refractivity contribution < 1.29 is 24.3 Å². The van der Waals surface area contributed by atoms with Gasteiger partial charge in [0.25, 0.3) is 5.91 Å². The Labute approximate surface area is 321 Å². The molecule has 0 radical (unpaired) electrons. The van der Waals surface area contributed by atoms with Crippen molar-refractivity contribution in [3.8, 4) is 22.5 Å². The number of likely N-dealkylation sites (N-methyl/N-ethyl adjacent to an activating group) is 2. The van der Waals surface area contributed by atoms with Crippen molar-refractivity contribution in [2.24, 2.45) is 11.8 Å². The van der Waals surface area contributed by atoms with Crippen LogP contribution in [0.25, 0.3) is 22.5 Å². The lowest BCUT2D eigenvalue weighted by Gasteiger charge is -2.29. The summed E-state index contributed by atoms with van der Waals surface area (Å²) in [6.45, 7) is 3.80. The smallest absolute Gasteiger partial charge is 0.404 e. The van der Waals surface area contributed by atoms with Crippen molar-refractivity contribution in [1.29, 1.82) is 0 Å². The number of aromatic nitrogens is 4. The molecular formula is C40H52N10O5. The van der Waals surface area contributed by atoms with E-state index in [2.05, 4.69) is 51.7 Å². The topological polar surface area (TPSA) is 198 Å². The summed E-state index contributed by atoms with van der Waals surface area (Å²) in [6, 6.07) is 19.7. The summed E-state index contributed by atoms with van der Waals surface area (Å²) < 4.78 is 0. The van der Waals surface area contributed by atoms with Gasteiger partial charge in [-0.1, -0.05) is 30.3 Å². The number of nitrogens with zero attached hydrogens (tertiary/aromatic N) is 5. The summed E-state index contributed by atoms with van der Waals surface area (Å²) in [5.41, 5.74) is 5.65. The Bertz CT molecular complexity index is 1880. The van der Waals surface area contributed by atoms with Gasteiger partial charge in [-0.2, -0.15) is 5.21 Å². The van der Waals surface area contributed by atoms with E-state index in [1.165, 1.54) is 0 Å². The van der Waals surface area contributed by atoms with Crippen LogP contribution in [0.15, 0.2) is 66.7 Å². The van der Waals surface area contributed by atoms with E-state index in [0.717, 1.165) is 53.7 Å². The van der Waals surface area contributed by atoms with Crippen LogP contribution in [0, 0.1) is 18.8 Å². The molecule has 15 heteroatoms. The second-order valence-corrected chi connectivity index (χ2v) is 14.9. The molecule has 0 spiro atoms. The van der Waals surface area contributed by atoms with Crippen molar-refractivity contribution in [1.82, 2.24) is 46.4 Å². The highest BCUT2D eigenvalue weighted by molar-refractivity contribution is 5.98. The Hall–Kier alpha value is -5.67. The fourth-order valence-electron chi connectivity index (χ4n) is 7.06. The third-order valence-electron chi connectivity index (χ3n) is 9.85. The van der Waals surface area contributed by atoms with Gasteiger partial charge < -0.3 is 36.2 Å². The number of carbonyl (C=O) groups is 4. The van der Waals surface area contributed by atoms with E-state index >= 15 is 0 Å². The largest absolute Gasteiger partial charge is 0.465 e. The van der Waals surface area contributed by atoms with Gasteiger partial charge in [0.2, 0.25) is 17.6 Å². The molecule has 5 rings (SSSR count). The van der Waals surface area contributed by atoms with E-state index < -0.39 is 12.1 Å². The summed E-state index contributed by atoms with van der Waals surface area (Å²) in [5.74, 6) is -0.320. The molecule has 1 atom stereocenters. The van der Waals surface area contributed by atoms with Crippen molar-refractivity contribution in [3.63, 3.8) is 0 Å². The molecule has 1 aromatic heterocycles. The molecule has 292 valence electrons. The number of carbonyl (C=O) groups excluding carboxylic acids is 3. The van der Waals surface area contributed by atoms with Gasteiger partial charge >= 0.3 is 6.09 Å². The number of hydrogen-bond donors (Lipinski definition) is 6. The van der Waals surface area contributed by atoms with Gasteiger partial charge in [-0.05, 0) is 131 Å². The molecule has 4 aromatic rings. The monoisotopic (exact) mass is 752 g/mol. The van der Waals surface area contributed by atoms with Gasteiger partial charge in [-0.3, -0.25) is 14.4 Å². The number of rotatable bonds is 16. The molecule has 15 nitrogen and oxygen atoms in total. The van der Waals surface area contributed by atoms with Gasteiger partial charge in [0, 0.05) is 48.8 Å². The second kappa shape index (κ2) is 19.1. The lowest BCUT2D eigenvalue weighted by molar-refractivity contribution is -0.130. The molecule has 0 unspecified atom stereocenters. The molecule has 1 aliphatic rings. The predicted molar refractivity (Wildman–Crippen MR) is 210 cm³/mol. The first-order valence-corrected chi connectivity index (χ1v) is 18.6. The van der Waals surface area contributed by atoms with Crippen molar-refractivity contribution in [3.05, 3.63) is 83.4 Å². The quantitative estimate of drug-likeness (QED) is 0.0980. The Kier molecular flexibility index (Phi) is 14.1. The van der Waals surface area contributed by atoms with E-state index in [1.807, 2.05) is 77.6 Å². The van der Waals surface area contributed by atoms with Gasteiger partial charge in [0.1, 0.15) is 6.04 Å². The van der Waals surface area contributed by atoms with Crippen molar-refractivity contribution >= 4 is 29.5 Å². The van der Waals surface area contributed by atoms with E-state index in [4.69, 9.17) is 5.11 Å². The molecule has 55 heavy (non-hydrogen) atoms. The molecular weight excluding hydrogens is 701 g/mol. The van der Waals surface area contributed by atoms with Crippen molar-refractivity contribution in [2.75, 3.05) is 53.1 Å². The maximum atomic E-state index is 13.8. The number of aromatic amines is 1. The van der Waals surface area contributed by atoms with E-state index in [0.29, 0.717) is 36.5 Å². The number of carboxylic acid groups (broad SMARTS) is 1. The van der Waals surface area contributed by atoms with Gasteiger partial charge in [0.05, 0.1) is 6.04 Å². The molecule has 6 N–H and O–H groups in total. The lowest BCUT2D eigenvalue weighted by Crippen LogP contribution is -2.48. The summed E-state index contributed by atoms with van der Waals surface area (Å²) in [6.07, 6.45) is 1.89. The first kappa shape index (κ1) is 40.5. The molecule has 1 aliphatic carbocycles. The fraction of sp³-hybridized carbons (Fsp3) is 0.425. The molecule has 0 saturated heterocycles. The maximum Gasteiger partial charge on any atom is 0.404 e. The number of H-pyrrole nitrogens is 1. The van der Waals surface area contributed by atoms with Crippen LogP contribution in [0.2, 0.25) is 0 Å². The van der Waals surface area contributed by atoms with Crippen molar-refractivity contribution in [2.45, 2.75) is 51.1 Å². The normalized spacial score (nSPS) is 16.1. The molecule has 0 aliphatic heterocycles. The molecule has 1 fully saturated rings. The van der Waals surface area contributed by atoms with Gasteiger partial charge in [0.15, 0.2) is 0 Å². The second-order valence-electron chi connectivity index (χ2n) is 14.9. The number of benzene rings is 3. The number of amides is 4. The third kappa shape index (κ3) is 11.9. The first-order chi connectivity index (χ1) is 26.3. The van der Waals surface area contributed by atoms with Gasteiger partial charge in [-0.25, -0.2) is 4.79 Å². The number of hydrogen-bond acceptors (Lipinski definition) is 9. The zero-order valence-electron chi connectivity index (χ0n) is 32.1. The average molecular weight is 753 g/mol. The minimum Gasteiger partial charge on any atom is -0.465 e. The Balaban J connectivity index is 1.27. The van der Waals surface area contributed by atoms with Crippen LogP contribution in [-0.2, 0) is 16.0 Å². The summed E-state index contributed by atoms with van der Waals surface area (Å²) in [7, 11) is 7.96. The molecule has 3 aromatic carbocycles. The molecule has 1 saturated carbocycles. The lowest BCUT2D eigenvalue weighted by atomic mass is 9.81. The van der Waals surface area contributed by atoms with Crippen LogP contribution in [0.3, 0.4) is 0 Å². The van der Waals surface area contributed by atoms with E-state index in [-0.39, 0.29) is 42.0 Å². The fourth-order valence-corrected chi connectivity index (χ4v) is 7.06. The molecule has 0 bridgehead atoms. The first-order valence-electron chi connectivity index (χ1n) is 18.6. The number of nitrogens with one attached hydrogen (secondary N) is 5. The Morgan fingerprint density at radius 3 is 2.09 bits per heavy atom.